The molecule has 0 saturated carbocycles. The van der Waals surface area contributed by atoms with Gasteiger partial charge in [-0.2, -0.15) is 0 Å². The number of nitrogens with zero attached hydrogens (tertiary/aromatic N) is 4. The quantitative estimate of drug-likeness (QED) is 0.629. The summed E-state index contributed by atoms with van der Waals surface area (Å²) in [7, 11) is 2.03. The fourth-order valence-electron chi connectivity index (χ4n) is 5.71. The predicted octanol–water partition coefficient (Wildman–Crippen LogP) is 2.44. The summed E-state index contributed by atoms with van der Waals surface area (Å²) >= 11 is 1.34. The van der Waals surface area contributed by atoms with Gasteiger partial charge in [-0.15, -0.1) is 0 Å². The van der Waals surface area contributed by atoms with Crippen LogP contribution in [-0.4, -0.2) is 91.8 Å². The van der Waals surface area contributed by atoms with E-state index in [1.807, 2.05) is 36.2 Å². The van der Waals surface area contributed by atoms with Gasteiger partial charge in [-0.1, -0.05) is 23.9 Å². The van der Waals surface area contributed by atoms with Crippen LogP contribution in [0, 0.1) is 10.8 Å². The molecule has 0 radical (unpaired) electrons. The Balaban J connectivity index is 1.47. The van der Waals surface area contributed by atoms with Crippen LogP contribution in [0.3, 0.4) is 0 Å². The summed E-state index contributed by atoms with van der Waals surface area (Å²) in [5, 5.41) is 9.73. The molecule has 10 heteroatoms. The van der Waals surface area contributed by atoms with Crippen LogP contribution in [0.1, 0.15) is 12.8 Å². The third kappa shape index (κ3) is 3.30. The number of allylic oxidation sites excluding steroid dienone is 1. The van der Waals surface area contributed by atoms with E-state index in [1.165, 1.54) is 11.8 Å². The van der Waals surface area contributed by atoms with Gasteiger partial charge in [0.2, 0.25) is 0 Å². The van der Waals surface area contributed by atoms with E-state index in [0.717, 1.165) is 30.1 Å². The number of ketones is 1. The lowest BCUT2D eigenvalue weighted by atomic mass is 9.63. The van der Waals surface area contributed by atoms with E-state index in [1.54, 1.807) is 9.80 Å². The Morgan fingerprint density at radius 1 is 1.11 bits per heavy atom. The van der Waals surface area contributed by atoms with E-state index in [0.29, 0.717) is 44.4 Å². The molecule has 1 amide bonds. The number of thioether (sulfide) groups is 1. The van der Waals surface area contributed by atoms with E-state index in [-0.39, 0.29) is 35.3 Å². The van der Waals surface area contributed by atoms with Gasteiger partial charge in [-0.25, -0.2) is 4.39 Å². The fourth-order valence-corrected chi connectivity index (χ4v) is 6.90. The molecule has 0 aromatic heterocycles. The maximum absolute atomic E-state index is 15.3. The monoisotopic (exact) mass is 497 g/mol. The highest BCUT2D eigenvalue weighted by molar-refractivity contribution is 8.04. The molecule has 1 spiro atoms. The molecule has 1 N–H and O–H groups in total. The fraction of sp³-hybridized carbons (Fsp3) is 0.480. The van der Waals surface area contributed by atoms with Crippen molar-refractivity contribution in [2.75, 3.05) is 64.4 Å². The van der Waals surface area contributed by atoms with Gasteiger partial charge in [0.25, 0.3) is 5.91 Å². The molecule has 4 heterocycles. The molecule has 1 unspecified atom stereocenters. The van der Waals surface area contributed by atoms with E-state index in [2.05, 4.69) is 4.90 Å². The van der Waals surface area contributed by atoms with Crippen molar-refractivity contribution in [3.8, 4) is 0 Å². The van der Waals surface area contributed by atoms with Gasteiger partial charge in [0, 0.05) is 44.0 Å². The standard InChI is InChI=1S/C25H28FN5O3S/c1-28-7-4-8-29(10-9-28)20-16(26)15-25(20)21(32)19(22(33)30-11-13-34-14-12-30)23-31(24(25)27)17-5-2-3-6-18(17)35-23/h2-3,5-6,27H,4,7-15H2,1H3. The number of amides is 1. The number of likely N-dealkylation sites (N-methyl/N-ethyl adjacent to an activating group) is 1. The van der Waals surface area contributed by atoms with Crippen molar-refractivity contribution in [3.63, 3.8) is 0 Å². The minimum Gasteiger partial charge on any atom is -0.378 e. The van der Waals surface area contributed by atoms with Crippen LogP contribution in [0.2, 0.25) is 0 Å². The topological polar surface area (TPSA) is 80.2 Å². The van der Waals surface area contributed by atoms with Crippen molar-refractivity contribution in [1.82, 2.24) is 14.7 Å². The third-order valence-electron chi connectivity index (χ3n) is 7.60. The van der Waals surface area contributed by atoms with Crippen molar-refractivity contribution in [2.45, 2.75) is 17.7 Å². The second-order valence-electron chi connectivity index (χ2n) is 9.65. The lowest BCUT2D eigenvalue weighted by molar-refractivity contribution is -0.135. The number of amidine groups is 1. The SMILES string of the molecule is CN1CCCN(C2=C(F)CC23C(=N)N2C(=C(C(=O)N4CCOCC4)C3=O)Sc3ccccc32)CC1. The molecule has 35 heavy (non-hydrogen) atoms. The number of fused-ring (bicyclic) bond motifs is 3. The number of ether oxygens (including phenoxy) is 1. The summed E-state index contributed by atoms with van der Waals surface area (Å²) in [4.78, 5) is 36.5. The summed E-state index contributed by atoms with van der Waals surface area (Å²) in [5.41, 5.74) is -0.366. The number of carbonyl (C=O) groups excluding carboxylic acids is 2. The Morgan fingerprint density at radius 2 is 1.89 bits per heavy atom. The first-order chi connectivity index (χ1) is 16.9. The number of halogens is 1. The molecule has 4 aliphatic heterocycles. The van der Waals surface area contributed by atoms with E-state index in [9.17, 15) is 15.0 Å². The Labute approximate surface area is 207 Å². The van der Waals surface area contributed by atoms with Gasteiger partial charge in [0.1, 0.15) is 27.7 Å². The molecule has 2 saturated heterocycles. The first-order valence-corrected chi connectivity index (χ1v) is 12.9. The normalized spacial score (nSPS) is 27.3. The smallest absolute Gasteiger partial charge is 0.260 e. The molecule has 1 aromatic rings. The number of para-hydroxylation sites is 1. The summed E-state index contributed by atoms with van der Waals surface area (Å²) in [6.45, 7) is 4.48. The number of rotatable bonds is 2. The highest BCUT2D eigenvalue weighted by Gasteiger charge is 2.64. The summed E-state index contributed by atoms with van der Waals surface area (Å²) < 4.78 is 20.7. The van der Waals surface area contributed by atoms with Crippen LogP contribution < -0.4 is 4.90 Å². The highest BCUT2D eigenvalue weighted by Crippen LogP contribution is 2.60. The first kappa shape index (κ1) is 22.8. The van der Waals surface area contributed by atoms with Gasteiger partial charge in [-0.05, 0) is 32.1 Å². The molecular weight excluding hydrogens is 469 g/mol. The first-order valence-electron chi connectivity index (χ1n) is 12.1. The average molecular weight is 498 g/mol. The number of benzene rings is 1. The second-order valence-corrected chi connectivity index (χ2v) is 10.7. The highest BCUT2D eigenvalue weighted by atomic mass is 32.2. The minimum atomic E-state index is -1.48. The van der Waals surface area contributed by atoms with E-state index >= 15 is 4.39 Å². The van der Waals surface area contributed by atoms with Gasteiger partial charge < -0.3 is 19.4 Å². The molecule has 1 atom stereocenters. The van der Waals surface area contributed by atoms with Crippen LogP contribution in [-0.2, 0) is 14.3 Å². The number of morpholine rings is 1. The van der Waals surface area contributed by atoms with Crippen molar-refractivity contribution in [3.05, 3.63) is 46.4 Å². The zero-order chi connectivity index (χ0) is 24.3. The molecule has 2 fully saturated rings. The third-order valence-corrected chi connectivity index (χ3v) is 8.75. The molecule has 184 valence electrons. The van der Waals surface area contributed by atoms with Crippen LogP contribution >= 0.6 is 11.8 Å². The number of anilines is 1. The Hall–Kier alpha value is -2.69. The molecule has 6 rings (SSSR count). The van der Waals surface area contributed by atoms with Crippen LogP contribution in [0.25, 0.3) is 0 Å². The zero-order valence-electron chi connectivity index (χ0n) is 19.7. The van der Waals surface area contributed by atoms with Gasteiger partial charge in [0.15, 0.2) is 5.78 Å². The largest absolute Gasteiger partial charge is 0.378 e. The Kier molecular flexibility index (Phi) is 5.50. The number of Topliss-reactive ketones (excluding diaryl/α,β-unsaturated/α-hetero) is 1. The average Bonchev–Trinajstić information content (AvgIpc) is 3.12. The summed E-state index contributed by atoms with van der Waals surface area (Å²) in [6.07, 6.45) is 0.663. The second kappa shape index (κ2) is 8.46. The number of carbonyl (C=O) groups is 2. The Bertz CT molecular complexity index is 1190. The van der Waals surface area contributed by atoms with Gasteiger partial charge >= 0.3 is 0 Å². The zero-order valence-corrected chi connectivity index (χ0v) is 20.5. The van der Waals surface area contributed by atoms with Crippen molar-refractivity contribution < 1.29 is 18.7 Å². The lowest BCUT2D eigenvalue weighted by Gasteiger charge is -2.51. The number of nitrogens with one attached hydrogen (secondary N) is 1. The minimum absolute atomic E-state index is 0.0440. The Morgan fingerprint density at radius 3 is 2.66 bits per heavy atom. The van der Waals surface area contributed by atoms with Crippen LogP contribution in [0.4, 0.5) is 10.1 Å². The van der Waals surface area contributed by atoms with Gasteiger partial charge in [0.05, 0.1) is 24.6 Å². The number of hydrogen-bond donors (Lipinski definition) is 1. The van der Waals surface area contributed by atoms with Gasteiger partial charge in [-0.3, -0.25) is 19.9 Å². The number of hydrogen-bond acceptors (Lipinski definition) is 7. The molecule has 8 nitrogen and oxygen atoms in total. The molecule has 0 bridgehead atoms. The molecule has 1 aromatic carbocycles. The summed E-state index contributed by atoms with van der Waals surface area (Å²) in [5.74, 6) is -1.11. The maximum atomic E-state index is 15.3. The predicted molar refractivity (Wildman–Crippen MR) is 131 cm³/mol. The lowest BCUT2D eigenvalue weighted by Crippen LogP contribution is -2.61. The van der Waals surface area contributed by atoms with Crippen molar-refractivity contribution in [1.29, 1.82) is 5.41 Å². The van der Waals surface area contributed by atoms with E-state index in [4.69, 9.17) is 4.74 Å². The van der Waals surface area contributed by atoms with Crippen LogP contribution in [0.5, 0.6) is 0 Å². The molecule has 1 aliphatic carbocycles. The van der Waals surface area contributed by atoms with E-state index < -0.39 is 11.2 Å². The van der Waals surface area contributed by atoms with Crippen molar-refractivity contribution in [2.24, 2.45) is 5.41 Å². The molecular formula is C25H28FN5O3S. The maximum Gasteiger partial charge on any atom is 0.260 e. The van der Waals surface area contributed by atoms with Crippen LogP contribution in [0.15, 0.2) is 51.3 Å². The summed E-state index contributed by atoms with van der Waals surface area (Å²) in [6, 6.07) is 7.60. The molecule has 5 aliphatic rings. The van der Waals surface area contributed by atoms with Crippen molar-refractivity contribution >= 4 is 35.0 Å².